The SMILES string of the molecule is Cc1nc(CN(C)C(=O)c2sc3cnccc3c2N)cs1. The maximum atomic E-state index is 12.6. The van der Waals surface area contributed by atoms with Gasteiger partial charge in [0.25, 0.3) is 5.91 Å². The molecule has 1 amide bonds. The molecule has 0 unspecified atom stereocenters. The highest BCUT2D eigenvalue weighted by molar-refractivity contribution is 7.21. The fourth-order valence-electron chi connectivity index (χ4n) is 2.10. The van der Waals surface area contributed by atoms with Gasteiger partial charge in [0.1, 0.15) is 4.88 Å². The van der Waals surface area contributed by atoms with Crippen LogP contribution in [-0.2, 0) is 6.54 Å². The third kappa shape index (κ3) is 2.62. The molecule has 3 aromatic rings. The molecule has 0 aromatic carbocycles. The molecular formula is C14H14N4OS2. The Bertz CT molecular complexity index is 808. The number of hydrogen-bond donors (Lipinski definition) is 1. The minimum atomic E-state index is -0.0839. The molecule has 0 radical (unpaired) electrons. The van der Waals surface area contributed by atoms with Gasteiger partial charge in [-0.3, -0.25) is 9.78 Å². The highest BCUT2D eigenvalue weighted by atomic mass is 32.1. The quantitative estimate of drug-likeness (QED) is 0.806. The van der Waals surface area contributed by atoms with Gasteiger partial charge in [-0.1, -0.05) is 0 Å². The van der Waals surface area contributed by atoms with E-state index < -0.39 is 0 Å². The first-order chi connectivity index (χ1) is 10.1. The lowest BCUT2D eigenvalue weighted by Crippen LogP contribution is -2.26. The number of pyridine rings is 1. The number of carbonyl (C=O) groups excluding carboxylic acids is 1. The fourth-order valence-corrected chi connectivity index (χ4v) is 3.79. The van der Waals surface area contributed by atoms with Crippen molar-refractivity contribution >= 4 is 44.4 Å². The molecule has 0 bridgehead atoms. The van der Waals surface area contributed by atoms with E-state index in [-0.39, 0.29) is 5.91 Å². The van der Waals surface area contributed by atoms with Crippen LogP contribution in [0.2, 0.25) is 0 Å². The third-order valence-corrected chi connectivity index (χ3v) is 5.10. The van der Waals surface area contributed by atoms with E-state index in [9.17, 15) is 4.79 Å². The van der Waals surface area contributed by atoms with Crippen molar-refractivity contribution in [1.29, 1.82) is 0 Å². The Balaban J connectivity index is 1.87. The predicted octanol–water partition coefficient (Wildman–Crippen LogP) is 2.92. The number of nitrogens with zero attached hydrogens (tertiary/aromatic N) is 3. The predicted molar refractivity (Wildman–Crippen MR) is 86.7 cm³/mol. The van der Waals surface area contributed by atoms with Crippen LogP contribution in [0.15, 0.2) is 23.8 Å². The first kappa shape index (κ1) is 14.0. The summed E-state index contributed by atoms with van der Waals surface area (Å²) in [5.41, 5.74) is 7.53. The van der Waals surface area contributed by atoms with E-state index in [4.69, 9.17) is 5.73 Å². The summed E-state index contributed by atoms with van der Waals surface area (Å²) < 4.78 is 0.927. The minimum Gasteiger partial charge on any atom is -0.397 e. The van der Waals surface area contributed by atoms with E-state index >= 15 is 0 Å². The van der Waals surface area contributed by atoms with Crippen molar-refractivity contribution in [2.75, 3.05) is 12.8 Å². The van der Waals surface area contributed by atoms with Crippen LogP contribution in [0.5, 0.6) is 0 Å². The molecule has 0 aliphatic carbocycles. The smallest absolute Gasteiger partial charge is 0.266 e. The monoisotopic (exact) mass is 318 g/mol. The third-order valence-electron chi connectivity index (χ3n) is 3.14. The van der Waals surface area contributed by atoms with E-state index in [1.54, 1.807) is 35.7 Å². The van der Waals surface area contributed by atoms with Crippen LogP contribution in [0.3, 0.4) is 0 Å². The lowest BCUT2D eigenvalue weighted by Gasteiger charge is -2.15. The van der Waals surface area contributed by atoms with E-state index in [0.717, 1.165) is 20.8 Å². The summed E-state index contributed by atoms with van der Waals surface area (Å²) in [6.45, 7) is 2.43. The van der Waals surface area contributed by atoms with Gasteiger partial charge in [-0.2, -0.15) is 0 Å². The Morgan fingerprint density at radius 3 is 2.95 bits per heavy atom. The number of nitrogens with two attached hydrogens (primary N) is 1. The first-order valence-corrected chi connectivity index (χ1v) is 8.04. The van der Waals surface area contributed by atoms with Gasteiger partial charge >= 0.3 is 0 Å². The summed E-state index contributed by atoms with van der Waals surface area (Å²) in [4.78, 5) is 23.2. The van der Waals surface area contributed by atoms with Gasteiger partial charge in [0.2, 0.25) is 0 Å². The molecule has 0 aliphatic rings. The zero-order valence-corrected chi connectivity index (χ0v) is 13.3. The number of thiazole rings is 1. The van der Waals surface area contributed by atoms with Crippen LogP contribution in [0.1, 0.15) is 20.4 Å². The van der Waals surface area contributed by atoms with Crippen molar-refractivity contribution in [1.82, 2.24) is 14.9 Å². The molecule has 0 saturated heterocycles. The van der Waals surface area contributed by atoms with Gasteiger partial charge in [0, 0.05) is 30.2 Å². The van der Waals surface area contributed by atoms with Crippen molar-refractivity contribution in [3.63, 3.8) is 0 Å². The van der Waals surface area contributed by atoms with Crippen LogP contribution in [-0.4, -0.2) is 27.8 Å². The second-order valence-electron chi connectivity index (χ2n) is 4.74. The number of anilines is 1. The Kier molecular flexibility index (Phi) is 3.60. The summed E-state index contributed by atoms with van der Waals surface area (Å²) in [5, 5.41) is 3.85. The molecule has 3 aromatic heterocycles. The number of fused-ring (bicyclic) bond motifs is 1. The molecule has 0 saturated carbocycles. The van der Waals surface area contributed by atoms with E-state index in [2.05, 4.69) is 9.97 Å². The number of hydrogen-bond acceptors (Lipinski definition) is 6. The average Bonchev–Trinajstić information content (AvgIpc) is 3.03. The Hall–Kier alpha value is -1.99. The van der Waals surface area contributed by atoms with Gasteiger partial charge in [-0.15, -0.1) is 22.7 Å². The maximum absolute atomic E-state index is 12.6. The number of aryl methyl sites for hydroxylation is 1. The van der Waals surface area contributed by atoms with Crippen LogP contribution in [0.4, 0.5) is 5.69 Å². The Labute approximate surface area is 130 Å². The number of nitrogen functional groups attached to an aromatic ring is 1. The molecule has 108 valence electrons. The lowest BCUT2D eigenvalue weighted by molar-refractivity contribution is 0.0789. The summed E-state index contributed by atoms with van der Waals surface area (Å²) >= 11 is 2.96. The number of carbonyl (C=O) groups is 1. The maximum Gasteiger partial charge on any atom is 0.266 e. The molecule has 0 atom stereocenters. The highest BCUT2D eigenvalue weighted by Gasteiger charge is 2.20. The topological polar surface area (TPSA) is 72.1 Å². The van der Waals surface area contributed by atoms with Crippen LogP contribution >= 0.6 is 22.7 Å². The van der Waals surface area contributed by atoms with E-state index in [1.165, 1.54) is 11.3 Å². The normalized spacial score (nSPS) is 11.0. The molecule has 3 heterocycles. The summed E-state index contributed by atoms with van der Waals surface area (Å²) in [7, 11) is 1.76. The standard InChI is InChI=1S/C14H14N4OS2/c1-8-17-9(7-20-8)6-18(2)14(19)13-12(15)10-3-4-16-5-11(10)21-13/h3-5,7H,6,15H2,1-2H3. The molecule has 2 N–H and O–H groups in total. The first-order valence-electron chi connectivity index (χ1n) is 6.34. The highest BCUT2D eigenvalue weighted by Crippen LogP contribution is 2.33. The summed E-state index contributed by atoms with van der Waals surface area (Å²) in [6, 6.07) is 1.84. The number of rotatable bonds is 3. The largest absolute Gasteiger partial charge is 0.397 e. The Morgan fingerprint density at radius 2 is 2.29 bits per heavy atom. The molecule has 7 heteroatoms. The summed E-state index contributed by atoms with van der Waals surface area (Å²) in [5.74, 6) is -0.0839. The zero-order chi connectivity index (χ0) is 15.0. The lowest BCUT2D eigenvalue weighted by atomic mass is 10.2. The van der Waals surface area contributed by atoms with Crippen molar-refractivity contribution < 1.29 is 4.79 Å². The average molecular weight is 318 g/mol. The fraction of sp³-hybridized carbons (Fsp3) is 0.214. The molecule has 21 heavy (non-hydrogen) atoms. The number of aromatic nitrogens is 2. The minimum absolute atomic E-state index is 0.0839. The van der Waals surface area contributed by atoms with Gasteiger partial charge in [0.05, 0.1) is 27.6 Å². The number of amides is 1. The molecule has 0 aliphatic heterocycles. The van der Waals surface area contributed by atoms with Crippen molar-refractivity contribution in [2.24, 2.45) is 0 Å². The van der Waals surface area contributed by atoms with Gasteiger partial charge in [0.15, 0.2) is 0 Å². The second-order valence-corrected chi connectivity index (χ2v) is 6.85. The molecular weight excluding hydrogens is 304 g/mol. The van der Waals surface area contributed by atoms with Crippen LogP contribution < -0.4 is 5.73 Å². The van der Waals surface area contributed by atoms with Gasteiger partial charge in [-0.25, -0.2) is 4.98 Å². The number of thiophene rings is 1. The van der Waals surface area contributed by atoms with Crippen molar-refractivity contribution in [3.05, 3.63) is 39.4 Å². The molecule has 0 fully saturated rings. The molecule has 3 rings (SSSR count). The molecule has 0 spiro atoms. The van der Waals surface area contributed by atoms with E-state index in [0.29, 0.717) is 17.1 Å². The Morgan fingerprint density at radius 1 is 1.48 bits per heavy atom. The molecule has 5 nitrogen and oxygen atoms in total. The zero-order valence-electron chi connectivity index (χ0n) is 11.7. The van der Waals surface area contributed by atoms with Gasteiger partial charge in [-0.05, 0) is 13.0 Å². The van der Waals surface area contributed by atoms with Crippen molar-refractivity contribution in [3.8, 4) is 0 Å². The van der Waals surface area contributed by atoms with Gasteiger partial charge < -0.3 is 10.6 Å². The van der Waals surface area contributed by atoms with Crippen LogP contribution in [0.25, 0.3) is 10.1 Å². The van der Waals surface area contributed by atoms with Crippen LogP contribution in [0, 0.1) is 6.92 Å². The van der Waals surface area contributed by atoms with E-state index in [1.807, 2.05) is 18.4 Å². The second kappa shape index (κ2) is 5.42. The van der Waals surface area contributed by atoms with Crippen molar-refractivity contribution in [2.45, 2.75) is 13.5 Å². The summed E-state index contributed by atoms with van der Waals surface area (Å²) in [6.07, 6.45) is 3.42.